The van der Waals surface area contributed by atoms with Gasteiger partial charge in [0.15, 0.2) is 0 Å². The molecule has 5 heteroatoms. The lowest BCUT2D eigenvalue weighted by Gasteiger charge is -2.13. The first-order valence-electron chi connectivity index (χ1n) is 6.22. The van der Waals surface area contributed by atoms with Crippen LogP contribution >= 0.6 is 11.6 Å². The number of halogens is 1. The fourth-order valence-electron chi connectivity index (χ4n) is 1.57. The second-order valence-electron chi connectivity index (χ2n) is 4.71. The van der Waals surface area contributed by atoms with Crippen molar-refractivity contribution in [1.29, 1.82) is 5.26 Å². The third-order valence-corrected chi connectivity index (χ3v) is 3.33. The first-order valence-corrected chi connectivity index (χ1v) is 6.60. The van der Waals surface area contributed by atoms with Crippen molar-refractivity contribution in [2.75, 3.05) is 11.9 Å². The third-order valence-electron chi connectivity index (χ3n) is 3.00. The molecule has 0 saturated heterocycles. The third kappa shape index (κ3) is 3.95. The maximum absolute atomic E-state index is 11.9. The molecule has 1 atom stereocenters. The van der Waals surface area contributed by atoms with Gasteiger partial charge in [0.1, 0.15) is 12.2 Å². The molecule has 1 aliphatic carbocycles. The van der Waals surface area contributed by atoms with Gasteiger partial charge in [-0.05, 0) is 43.9 Å². The molecule has 1 amide bonds. The van der Waals surface area contributed by atoms with Crippen LogP contribution in [-0.4, -0.2) is 18.6 Å². The van der Waals surface area contributed by atoms with E-state index in [1.54, 1.807) is 25.1 Å². The van der Waals surface area contributed by atoms with Crippen LogP contribution in [-0.2, 0) is 9.53 Å². The molecule has 1 aliphatic rings. The molecule has 1 saturated carbocycles. The van der Waals surface area contributed by atoms with Gasteiger partial charge in [-0.3, -0.25) is 4.79 Å². The summed E-state index contributed by atoms with van der Waals surface area (Å²) in [5.41, 5.74) is 0.888. The molecule has 0 bridgehead atoms. The van der Waals surface area contributed by atoms with Crippen molar-refractivity contribution in [3.8, 4) is 6.07 Å². The topological polar surface area (TPSA) is 62.1 Å². The largest absolute Gasteiger partial charge is 0.368 e. The van der Waals surface area contributed by atoms with Gasteiger partial charge in [0.2, 0.25) is 0 Å². The van der Waals surface area contributed by atoms with Gasteiger partial charge in [0, 0.05) is 5.69 Å². The van der Waals surface area contributed by atoms with Crippen molar-refractivity contribution in [2.24, 2.45) is 5.92 Å². The average molecular weight is 279 g/mol. The summed E-state index contributed by atoms with van der Waals surface area (Å²) in [6, 6.07) is 6.77. The monoisotopic (exact) mass is 278 g/mol. The van der Waals surface area contributed by atoms with E-state index in [-0.39, 0.29) is 5.91 Å². The molecular weight excluding hydrogens is 264 g/mol. The van der Waals surface area contributed by atoms with Crippen LogP contribution in [0.4, 0.5) is 5.69 Å². The smallest absolute Gasteiger partial charge is 0.253 e. The molecule has 0 aromatic heterocycles. The van der Waals surface area contributed by atoms with Crippen molar-refractivity contribution in [2.45, 2.75) is 25.9 Å². The summed E-state index contributed by atoms with van der Waals surface area (Å²) in [7, 11) is 0. The fourth-order valence-corrected chi connectivity index (χ4v) is 1.73. The number of benzene rings is 1. The Labute approximate surface area is 117 Å². The highest BCUT2D eigenvalue weighted by atomic mass is 35.5. The first-order chi connectivity index (χ1) is 9.10. The molecule has 4 nitrogen and oxygen atoms in total. The van der Waals surface area contributed by atoms with Crippen molar-refractivity contribution in [1.82, 2.24) is 0 Å². The zero-order valence-corrected chi connectivity index (χ0v) is 11.4. The molecule has 1 aromatic rings. The maximum atomic E-state index is 11.9. The Morgan fingerprint density at radius 1 is 1.63 bits per heavy atom. The number of nitrogens with zero attached hydrogens (tertiary/aromatic N) is 1. The number of hydrogen-bond donors (Lipinski definition) is 1. The quantitative estimate of drug-likeness (QED) is 0.901. The molecule has 0 aliphatic heterocycles. The number of anilines is 1. The SMILES string of the molecule is CC(OCC1CC1)C(=O)Nc1ccc(Cl)c(C#N)c1. The second kappa shape index (κ2) is 6.05. The van der Waals surface area contributed by atoms with E-state index in [9.17, 15) is 4.79 Å². The number of nitrogens with one attached hydrogen (secondary N) is 1. The van der Waals surface area contributed by atoms with E-state index in [1.807, 2.05) is 6.07 Å². The van der Waals surface area contributed by atoms with Crippen LogP contribution in [0.5, 0.6) is 0 Å². The standard InChI is InChI=1S/C14H15ClN2O2/c1-9(19-8-10-2-3-10)14(18)17-12-4-5-13(15)11(6-12)7-16/h4-6,9-10H,2-3,8H2,1H3,(H,17,18). The highest BCUT2D eigenvalue weighted by Crippen LogP contribution is 2.29. The minimum absolute atomic E-state index is 0.216. The van der Waals surface area contributed by atoms with Crippen LogP contribution in [0.25, 0.3) is 0 Å². The van der Waals surface area contributed by atoms with E-state index < -0.39 is 6.10 Å². The summed E-state index contributed by atoms with van der Waals surface area (Å²) in [5, 5.41) is 12.0. The molecular formula is C14H15ClN2O2. The van der Waals surface area contributed by atoms with Gasteiger partial charge < -0.3 is 10.1 Å². The number of carbonyl (C=O) groups is 1. The molecule has 1 fully saturated rings. The number of rotatable bonds is 5. The summed E-state index contributed by atoms with van der Waals surface area (Å²) in [6.07, 6.45) is 1.88. The maximum Gasteiger partial charge on any atom is 0.253 e. The number of amides is 1. The predicted molar refractivity (Wildman–Crippen MR) is 72.9 cm³/mol. The van der Waals surface area contributed by atoms with E-state index in [4.69, 9.17) is 21.6 Å². The molecule has 0 radical (unpaired) electrons. The second-order valence-corrected chi connectivity index (χ2v) is 5.12. The van der Waals surface area contributed by atoms with Gasteiger partial charge in [0.05, 0.1) is 17.2 Å². The van der Waals surface area contributed by atoms with Crippen molar-refractivity contribution >= 4 is 23.2 Å². The molecule has 19 heavy (non-hydrogen) atoms. The molecule has 100 valence electrons. The van der Waals surface area contributed by atoms with E-state index in [0.29, 0.717) is 28.8 Å². The van der Waals surface area contributed by atoms with E-state index in [0.717, 1.165) is 0 Å². The Hall–Kier alpha value is -1.57. The number of ether oxygens (including phenoxy) is 1. The van der Waals surface area contributed by atoms with Gasteiger partial charge >= 0.3 is 0 Å². The number of hydrogen-bond acceptors (Lipinski definition) is 3. The molecule has 2 rings (SSSR count). The molecule has 1 N–H and O–H groups in total. The van der Waals surface area contributed by atoms with E-state index in [1.165, 1.54) is 12.8 Å². The highest BCUT2D eigenvalue weighted by Gasteiger charge is 2.24. The molecule has 0 heterocycles. The minimum Gasteiger partial charge on any atom is -0.368 e. The Balaban J connectivity index is 1.91. The van der Waals surface area contributed by atoms with Crippen molar-refractivity contribution in [3.05, 3.63) is 28.8 Å². The zero-order chi connectivity index (χ0) is 13.8. The summed E-state index contributed by atoms with van der Waals surface area (Å²) >= 11 is 5.83. The van der Waals surface area contributed by atoms with Crippen LogP contribution < -0.4 is 5.32 Å². The van der Waals surface area contributed by atoms with Crippen LogP contribution in [0.15, 0.2) is 18.2 Å². The summed E-state index contributed by atoms with van der Waals surface area (Å²) in [6.45, 7) is 2.36. The van der Waals surface area contributed by atoms with Crippen LogP contribution in [0.1, 0.15) is 25.3 Å². The molecule has 1 unspecified atom stereocenters. The minimum atomic E-state index is -0.498. The molecule has 0 spiro atoms. The van der Waals surface area contributed by atoms with E-state index >= 15 is 0 Å². The number of nitriles is 1. The summed E-state index contributed by atoms with van der Waals surface area (Å²) in [5.74, 6) is 0.405. The zero-order valence-electron chi connectivity index (χ0n) is 10.6. The average Bonchev–Trinajstić information content (AvgIpc) is 3.22. The lowest BCUT2D eigenvalue weighted by Crippen LogP contribution is -2.28. The van der Waals surface area contributed by atoms with Gasteiger partial charge in [-0.15, -0.1) is 0 Å². The Kier molecular flexibility index (Phi) is 4.41. The summed E-state index contributed by atoms with van der Waals surface area (Å²) < 4.78 is 5.48. The summed E-state index contributed by atoms with van der Waals surface area (Å²) in [4.78, 5) is 11.9. The normalized spacial score (nSPS) is 15.6. The van der Waals surface area contributed by atoms with Gasteiger partial charge in [0.25, 0.3) is 5.91 Å². The van der Waals surface area contributed by atoms with Crippen molar-refractivity contribution in [3.63, 3.8) is 0 Å². The predicted octanol–water partition coefficient (Wildman–Crippen LogP) is 2.97. The Bertz CT molecular complexity index is 521. The van der Waals surface area contributed by atoms with Crippen LogP contribution in [0, 0.1) is 17.2 Å². The lowest BCUT2D eigenvalue weighted by molar-refractivity contribution is -0.126. The van der Waals surface area contributed by atoms with Crippen molar-refractivity contribution < 1.29 is 9.53 Å². The van der Waals surface area contributed by atoms with Gasteiger partial charge in [-0.25, -0.2) is 0 Å². The van der Waals surface area contributed by atoms with Gasteiger partial charge in [-0.2, -0.15) is 5.26 Å². The first kappa shape index (κ1) is 13.9. The van der Waals surface area contributed by atoms with E-state index in [2.05, 4.69) is 5.32 Å². The number of carbonyl (C=O) groups excluding carboxylic acids is 1. The lowest BCUT2D eigenvalue weighted by atomic mass is 10.2. The van der Waals surface area contributed by atoms with Gasteiger partial charge in [-0.1, -0.05) is 11.6 Å². The highest BCUT2D eigenvalue weighted by molar-refractivity contribution is 6.31. The van der Waals surface area contributed by atoms with Crippen LogP contribution in [0.3, 0.4) is 0 Å². The van der Waals surface area contributed by atoms with Crippen LogP contribution in [0.2, 0.25) is 5.02 Å². The Morgan fingerprint density at radius 3 is 3.00 bits per heavy atom. The Morgan fingerprint density at radius 2 is 2.37 bits per heavy atom. The fraction of sp³-hybridized carbons (Fsp3) is 0.429. The molecule has 1 aromatic carbocycles.